The van der Waals surface area contributed by atoms with Gasteiger partial charge in [-0.2, -0.15) is 4.98 Å². The van der Waals surface area contributed by atoms with E-state index in [0.29, 0.717) is 11.8 Å². The molecule has 0 saturated carbocycles. The van der Waals surface area contributed by atoms with Gasteiger partial charge in [-0.15, -0.1) is 0 Å². The molecule has 118 valence electrons. The molecule has 0 amide bonds. The number of hydrogen-bond acceptors (Lipinski definition) is 8. The number of nitrogens with zero attached hydrogens (tertiary/aromatic N) is 4. The summed E-state index contributed by atoms with van der Waals surface area (Å²) in [7, 11) is 0. The van der Waals surface area contributed by atoms with Gasteiger partial charge in [-0.1, -0.05) is 0 Å². The van der Waals surface area contributed by atoms with E-state index < -0.39 is 24.1 Å². The van der Waals surface area contributed by atoms with E-state index in [1.807, 2.05) is 0 Å². The highest BCUT2D eigenvalue weighted by atomic mass is 16.5. The minimum atomic E-state index is -1.01. The fourth-order valence-corrected chi connectivity index (χ4v) is 2.63. The Bertz CT molecular complexity index is 769. The van der Waals surface area contributed by atoms with Crippen LogP contribution in [-0.2, 0) is 16.1 Å². The lowest BCUT2D eigenvalue weighted by Gasteiger charge is -2.15. The molecule has 10 nitrogen and oxygen atoms in total. The number of anilines is 1. The topological polar surface area (TPSA) is 145 Å². The van der Waals surface area contributed by atoms with Gasteiger partial charge in [0.1, 0.15) is 17.9 Å². The smallest absolute Gasteiger partial charge is 0.333 e. The van der Waals surface area contributed by atoms with Gasteiger partial charge in [0.15, 0.2) is 11.9 Å². The van der Waals surface area contributed by atoms with E-state index in [9.17, 15) is 14.7 Å². The van der Waals surface area contributed by atoms with Gasteiger partial charge in [0, 0.05) is 6.42 Å². The third-order valence-electron chi connectivity index (χ3n) is 3.61. The maximum Gasteiger partial charge on any atom is 0.333 e. The molecule has 22 heavy (non-hydrogen) atoms. The Morgan fingerprint density at radius 2 is 2.32 bits per heavy atom. The zero-order valence-corrected chi connectivity index (χ0v) is 11.5. The van der Waals surface area contributed by atoms with E-state index >= 15 is 0 Å². The Morgan fingerprint density at radius 3 is 2.95 bits per heavy atom. The first-order chi connectivity index (χ1) is 10.6. The summed E-state index contributed by atoms with van der Waals surface area (Å²) in [5, 5.41) is 19.2. The van der Waals surface area contributed by atoms with Gasteiger partial charge in [-0.3, -0.25) is 4.57 Å². The van der Waals surface area contributed by atoms with Crippen LogP contribution in [0.4, 0.5) is 5.95 Å². The van der Waals surface area contributed by atoms with Gasteiger partial charge < -0.3 is 25.5 Å². The normalized spacial score (nSPS) is 24.9. The largest absolute Gasteiger partial charge is 0.394 e. The zero-order chi connectivity index (χ0) is 15.9. The molecule has 1 fully saturated rings. The first kappa shape index (κ1) is 14.6. The molecular formula is C12H15N5O5. The Labute approximate surface area is 123 Å². The van der Waals surface area contributed by atoms with Crippen LogP contribution in [0.5, 0.6) is 0 Å². The highest BCUT2D eigenvalue weighted by Gasteiger charge is 2.37. The molecule has 10 heteroatoms. The number of rotatable bonds is 4. The van der Waals surface area contributed by atoms with Crippen LogP contribution in [0.3, 0.4) is 0 Å². The van der Waals surface area contributed by atoms with Gasteiger partial charge in [0.05, 0.1) is 25.5 Å². The van der Waals surface area contributed by atoms with E-state index in [0.717, 1.165) is 4.57 Å². The molecule has 3 atom stereocenters. The van der Waals surface area contributed by atoms with E-state index in [1.54, 1.807) is 0 Å². The minimum absolute atomic E-state index is 0.0457. The van der Waals surface area contributed by atoms with E-state index in [-0.39, 0.29) is 31.2 Å². The zero-order valence-electron chi connectivity index (χ0n) is 11.5. The van der Waals surface area contributed by atoms with Crippen LogP contribution < -0.4 is 11.4 Å². The number of fused-ring (bicyclic) bond motifs is 1. The van der Waals surface area contributed by atoms with Gasteiger partial charge >= 0.3 is 5.69 Å². The first-order valence-electron chi connectivity index (χ1n) is 6.68. The molecule has 2 aromatic heterocycles. The van der Waals surface area contributed by atoms with Crippen molar-refractivity contribution in [3.8, 4) is 0 Å². The van der Waals surface area contributed by atoms with Crippen molar-refractivity contribution >= 4 is 23.4 Å². The number of nitrogen functional groups attached to an aromatic ring is 1. The molecule has 0 unspecified atom stereocenters. The van der Waals surface area contributed by atoms with Gasteiger partial charge in [-0.05, 0) is 0 Å². The number of hydrogen-bond donors (Lipinski definition) is 3. The number of aliphatic hydroxyl groups excluding tert-OH is 2. The molecule has 2 aromatic rings. The number of nitrogens with two attached hydrogens (primary N) is 1. The van der Waals surface area contributed by atoms with Crippen LogP contribution >= 0.6 is 0 Å². The monoisotopic (exact) mass is 309 g/mol. The van der Waals surface area contributed by atoms with Crippen molar-refractivity contribution in [2.24, 2.45) is 0 Å². The third-order valence-corrected chi connectivity index (χ3v) is 3.61. The minimum Gasteiger partial charge on any atom is -0.394 e. The fraction of sp³-hybridized carbons (Fsp3) is 0.500. The molecule has 1 aliphatic rings. The highest BCUT2D eigenvalue weighted by Crippen LogP contribution is 2.29. The number of aromatic nitrogens is 4. The van der Waals surface area contributed by atoms with E-state index in [2.05, 4.69) is 9.97 Å². The van der Waals surface area contributed by atoms with Crippen LogP contribution in [0, 0.1) is 0 Å². The first-order valence-corrected chi connectivity index (χ1v) is 6.68. The quantitative estimate of drug-likeness (QED) is 0.550. The molecule has 0 bridgehead atoms. The van der Waals surface area contributed by atoms with Crippen LogP contribution in [0.15, 0.2) is 11.0 Å². The van der Waals surface area contributed by atoms with Crippen LogP contribution in [0.25, 0.3) is 11.2 Å². The second kappa shape index (κ2) is 5.48. The van der Waals surface area contributed by atoms with E-state index in [1.165, 1.54) is 10.8 Å². The van der Waals surface area contributed by atoms with Crippen molar-refractivity contribution in [2.75, 3.05) is 12.3 Å². The van der Waals surface area contributed by atoms with Crippen LogP contribution in [0.1, 0.15) is 12.6 Å². The molecule has 0 radical (unpaired) electrons. The number of carbonyl (C=O) groups excluding carboxylic acids is 1. The summed E-state index contributed by atoms with van der Waals surface area (Å²) in [5.41, 5.74) is 5.47. The number of ether oxygens (including phenoxy) is 1. The molecule has 4 N–H and O–H groups in total. The second-order valence-electron chi connectivity index (χ2n) is 5.00. The lowest BCUT2D eigenvalue weighted by atomic mass is 10.2. The molecule has 3 rings (SSSR count). The maximum atomic E-state index is 12.5. The summed E-state index contributed by atoms with van der Waals surface area (Å²) < 4.78 is 7.80. The Hall–Kier alpha value is -2.30. The lowest BCUT2D eigenvalue weighted by Crippen LogP contribution is -2.32. The standard InChI is InChI=1S/C12H15N5O5/c13-11-14-4-7-9(15-11)17(12(21)16(7)1-2-18)10-8(20)3-6(5-19)22-10/h2,4,6,8,10,19-20H,1,3,5H2,(H2,13,14,15)/t6-,8+,10+/m0/s1. The third kappa shape index (κ3) is 2.17. The summed E-state index contributed by atoms with van der Waals surface area (Å²) in [4.78, 5) is 31.1. The van der Waals surface area contributed by atoms with Crippen molar-refractivity contribution < 1.29 is 19.7 Å². The van der Waals surface area contributed by atoms with Gasteiger partial charge in [-0.25, -0.2) is 14.3 Å². The Morgan fingerprint density at radius 1 is 1.55 bits per heavy atom. The number of aliphatic hydroxyl groups is 2. The number of carbonyl (C=O) groups is 1. The molecule has 3 heterocycles. The maximum absolute atomic E-state index is 12.5. The SMILES string of the molecule is Nc1ncc2c(n1)n([C@@H]1O[C@H](CO)C[C@H]1O)c(=O)n2CC=O. The average molecular weight is 309 g/mol. The van der Waals surface area contributed by atoms with Crippen molar-refractivity contribution in [3.05, 3.63) is 16.7 Å². The highest BCUT2D eigenvalue weighted by molar-refractivity contribution is 5.73. The summed E-state index contributed by atoms with van der Waals surface area (Å²) in [6.07, 6.45) is -0.464. The Kier molecular flexibility index (Phi) is 3.64. The van der Waals surface area contributed by atoms with Crippen molar-refractivity contribution in [2.45, 2.75) is 31.4 Å². The summed E-state index contributed by atoms with van der Waals surface area (Å²) >= 11 is 0. The van der Waals surface area contributed by atoms with Crippen LogP contribution in [-0.4, -0.2) is 54.4 Å². The molecule has 0 aliphatic carbocycles. The van der Waals surface area contributed by atoms with Gasteiger partial charge in [0.25, 0.3) is 0 Å². The molecule has 0 aromatic carbocycles. The second-order valence-corrected chi connectivity index (χ2v) is 5.00. The van der Waals surface area contributed by atoms with Gasteiger partial charge in [0.2, 0.25) is 5.95 Å². The summed E-state index contributed by atoms with van der Waals surface area (Å²) in [6.45, 7) is -0.450. The molecule has 1 aliphatic heterocycles. The fourth-order valence-electron chi connectivity index (χ4n) is 2.63. The molecule has 1 saturated heterocycles. The average Bonchev–Trinajstić information content (AvgIpc) is 2.98. The summed E-state index contributed by atoms with van der Waals surface area (Å²) in [6, 6.07) is 0. The van der Waals surface area contributed by atoms with Crippen molar-refractivity contribution in [1.29, 1.82) is 0 Å². The summed E-state index contributed by atoms with van der Waals surface area (Å²) in [5.74, 6) is -0.0457. The molecular weight excluding hydrogens is 294 g/mol. The van der Waals surface area contributed by atoms with E-state index in [4.69, 9.17) is 15.6 Å². The number of imidazole rings is 1. The lowest BCUT2D eigenvalue weighted by molar-refractivity contribution is -0.108. The number of aldehydes is 1. The predicted octanol–water partition coefficient (Wildman–Crippen LogP) is -1.99. The van der Waals surface area contributed by atoms with Crippen molar-refractivity contribution in [1.82, 2.24) is 19.1 Å². The molecule has 0 spiro atoms. The van der Waals surface area contributed by atoms with Crippen LogP contribution in [0.2, 0.25) is 0 Å². The van der Waals surface area contributed by atoms with Crippen molar-refractivity contribution in [3.63, 3.8) is 0 Å². The Balaban J connectivity index is 2.20. The predicted molar refractivity (Wildman–Crippen MR) is 73.9 cm³/mol.